The average molecular weight is 168 g/mol. The number of aliphatic hydroxyl groups is 1. The molecule has 1 unspecified atom stereocenters. The van der Waals surface area contributed by atoms with Crippen LogP contribution >= 0.6 is 0 Å². The van der Waals surface area contributed by atoms with E-state index in [0.717, 1.165) is 12.8 Å². The van der Waals surface area contributed by atoms with Crippen molar-refractivity contribution in [2.75, 3.05) is 0 Å². The molecule has 1 aliphatic rings. The summed E-state index contributed by atoms with van der Waals surface area (Å²) in [4.78, 5) is 0. The first-order valence-corrected chi connectivity index (χ1v) is 4.82. The first-order chi connectivity index (χ1) is 5.43. The second-order valence-corrected chi connectivity index (χ2v) is 4.83. The van der Waals surface area contributed by atoms with E-state index in [1.54, 1.807) is 0 Å². The maximum Gasteiger partial charge on any atom is 0.0774 e. The molecule has 1 aliphatic carbocycles. The van der Waals surface area contributed by atoms with E-state index < -0.39 is 0 Å². The first kappa shape index (κ1) is 9.79. The minimum atomic E-state index is -0.247. The summed E-state index contributed by atoms with van der Waals surface area (Å²) < 4.78 is 0. The molecule has 0 fully saturated rings. The summed E-state index contributed by atoms with van der Waals surface area (Å²) in [5.74, 6) is 0.593. The van der Waals surface area contributed by atoms with Crippen molar-refractivity contribution >= 4 is 0 Å². The van der Waals surface area contributed by atoms with Gasteiger partial charge in [0.2, 0.25) is 0 Å². The van der Waals surface area contributed by atoms with Gasteiger partial charge in [0.05, 0.1) is 6.10 Å². The predicted octanol–water partition coefficient (Wildman–Crippen LogP) is 2.75. The Balaban J connectivity index is 2.75. The van der Waals surface area contributed by atoms with E-state index in [4.69, 9.17) is 0 Å². The van der Waals surface area contributed by atoms with Crippen LogP contribution in [0.25, 0.3) is 0 Å². The van der Waals surface area contributed by atoms with Gasteiger partial charge in [0, 0.05) is 0 Å². The molecule has 0 aliphatic heterocycles. The smallest absolute Gasteiger partial charge is 0.0774 e. The minimum Gasteiger partial charge on any atom is -0.388 e. The SMILES string of the molecule is CC(C)C1=CC(O)C(C)(C)CC1. The third-order valence-electron chi connectivity index (χ3n) is 2.97. The van der Waals surface area contributed by atoms with Crippen LogP contribution in [0.1, 0.15) is 40.5 Å². The van der Waals surface area contributed by atoms with Gasteiger partial charge in [-0.25, -0.2) is 0 Å². The van der Waals surface area contributed by atoms with Crippen molar-refractivity contribution < 1.29 is 5.11 Å². The lowest BCUT2D eigenvalue weighted by atomic mass is 9.74. The minimum absolute atomic E-state index is 0.0817. The molecule has 0 heterocycles. The zero-order valence-electron chi connectivity index (χ0n) is 8.59. The first-order valence-electron chi connectivity index (χ1n) is 4.82. The number of rotatable bonds is 1. The lowest BCUT2D eigenvalue weighted by molar-refractivity contribution is 0.0737. The summed E-state index contributed by atoms with van der Waals surface area (Å²) in [6.07, 6.45) is 4.07. The topological polar surface area (TPSA) is 20.2 Å². The molecular weight excluding hydrogens is 148 g/mol. The van der Waals surface area contributed by atoms with Gasteiger partial charge in [0.15, 0.2) is 0 Å². The molecule has 1 rings (SSSR count). The molecule has 12 heavy (non-hydrogen) atoms. The molecule has 1 N–H and O–H groups in total. The quantitative estimate of drug-likeness (QED) is 0.597. The molecule has 1 nitrogen and oxygen atoms in total. The number of aliphatic hydroxyl groups excluding tert-OH is 1. The molecular formula is C11H20O. The summed E-state index contributed by atoms with van der Waals surface area (Å²) in [6, 6.07) is 0. The largest absolute Gasteiger partial charge is 0.388 e. The highest BCUT2D eigenvalue weighted by Crippen LogP contribution is 2.36. The van der Waals surface area contributed by atoms with Gasteiger partial charge in [0.1, 0.15) is 0 Å². The van der Waals surface area contributed by atoms with Gasteiger partial charge in [-0.3, -0.25) is 0 Å². The second-order valence-electron chi connectivity index (χ2n) is 4.83. The predicted molar refractivity (Wildman–Crippen MR) is 51.9 cm³/mol. The van der Waals surface area contributed by atoms with Gasteiger partial charge in [-0.2, -0.15) is 0 Å². The maximum atomic E-state index is 9.78. The molecule has 1 heteroatoms. The Morgan fingerprint density at radius 2 is 2.08 bits per heavy atom. The van der Waals surface area contributed by atoms with E-state index in [2.05, 4.69) is 27.7 Å². The Bertz CT molecular complexity index is 189. The highest BCUT2D eigenvalue weighted by molar-refractivity contribution is 5.14. The van der Waals surface area contributed by atoms with E-state index in [1.165, 1.54) is 5.57 Å². The Morgan fingerprint density at radius 1 is 1.50 bits per heavy atom. The summed E-state index contributed by atoms with van der Waals surface area (Å²) in [5.41, 5.74) is 1.50. The van der Waals surface area contributed by atoms with E-state index >= 15 is 0 Å². The highest BCUT2D eigenvalue weighted by atomic mass is 16.3. The fraction of sp³-hybridized carbons (Fsp3) is 0.818. The van der Waals surface area contributed by atoms with E-state index in [-0.39, 0.29) is 11.5 Å². The van der Waals surface area contributed by atoms with Crippen LogP contribution in [0.15, 0.2) is 11.6 Å². The van der Waals surface area contributed by atoms with Gasteiger partial charge >= 0.3 is 0 Å². The molecule has 0 aromatic heterocycles. The molecule has 0 aromatic carbocycles. The molecule has 0 bridgehead atoms. The third-order valence-corrected chi connectivity index (χ3v) is 2.97. The molecule has 70 valence electrons. The van der Waals surface area contributed by atoms with Crippen molar-refractivity contribution in [2.24, 2.45) is 11.3 Å². The summed E-state index contributed by atoms with van der Waals surface area (Å²) in [5, 5.41) is 9.78. The molecule has 1 atom stereocenters. The molecule has 0 amide bonds. The molecule has 0 spiro atoms. The van der Waals surface area contributed by atoms with E-state index in [0.29, 0.717) is 5.92 Å². The van der Waals surface area contributed by atoms with Gasteiger partial charge < -0.3 is 5.11 Å². The lowest BCUT2D eigenvalue weighted by Crippen LogP contribution is -2.31. The van der Waals surface area contributed by atoms with Crippen LogP contribution in [-0.2, 0) is 0 Å². The van der Waals surface area contributed by atoms with Crippen molar-refractivity contribution in [3.63, 3.8) is 0 Å². The maximum absolute atomic E-state index is 9.78. The van der Waals surface area contributed by atoms with Crippen LogP contribution in [0.2, 0.25) is 0 Å². The zero-order valence-corrected chi connectivity index (χ0v) is 8.59. The van der Waals surface area contributed by atoms with Crippen LogP contribution < -0.4 is 0 Å². The number of hydrogen-bond acceptors (Lipinski definition) is 1. The summed E-state index contributed by atoms with van der Waals surface area (Å²) in [6.45, 7) is 8.64. The van der Waals surface area contributed by atoms with E-state index in [1.807, 2.05) is 6.08 Å². The monoisotopic (exact) mass is 168 g/mol. The lowest BCUT2D eigenvalue weighted by Gasteiger charge is -2.34. The summed E-state index contributed by atoms with van der Waals surface area (Å²) in [7, 11) is 0. The third kappa shape index (κ3) is 1.89. The zero-order chi connectivity index (χ0) is 9.35. The van der Waals surface area contributed by atoms with Gasteiger partial charge in [-0.15, -0.1) is 0 Å². The van der Waals surface area contributed by atoms with E-state index in [9.17, 15) is 5.11 Å². The van der Waals surface area contributed by atoms with Crippen LogP contribution in [0.4, 0.5) is 0 Å². The van der Waals surface area contributed by atoms with Crippen LogP contribution in [0.3, 0.4) is 0 Å². The van der Waals surface area contributed by atoms with Gasteiger partial charge in [0.25, 0.3) is 0 Å². The Kier molecular flexibility index (Phi) is 2.62. The number of hydrogen-bond donors (Lipinski definition) is 1. The van der Waals surface area contributed by atoms with Crippen LogP contribution in [0.5, 0.6) is 0 Å². The van der Waals surface area contributed by atoms with Crippen molar-refractivity contribution in [3.05, 3.63) is 11.6 Å². The molecule has 0 aromatic rings. The van der Waals surface area contributed by atoms with Gasteiger partial charge in [-0.05, 0) is 24.2 Å². The Morgan fingerprint density at radius 3 is 2.50 bits per heavy atom. The summed E-state index contributed by atoms with van der Waals surface area (Å²) >= 11 is 0. The Labute approximate surface area is 75.5 Å². The van der Waals surface area contributed by atoms with Crippen molar-refractivity contribution in [2.45, 2.75) is 46.6 Å². The van der Waals surface area contributed by atoms with Gasteiger partial charge in [-0.1, -0.05) is 39.3 Å². The fourth-order valence-corrected chi connectivity index (χ4v) is 1.61. The molecule has 0 saturated carbocycles. The fourth-order valence-electron chi connectivity index (χ4n) is 1.61. The highest BCUT2D eigenvalue weighted by Gasteiger charge is 2.30. The average Bonchev–Trinajstić information content (AvgIpc) is 1.94. The normalized spacial score (nSPS) is 28.8. The van der Waals surface area contributed by atoms with Crippen molar-refractivity contribution in [1.29, 1.82) is 0 Å². The van der Waals surface area contributed by atoms with Crippen LogP contribution in [-0.4, -0.2) is 11.2 Å². The van der Waals surface area contributed by atoms with Crippen molar-refractivity contribution in [1.82, 2.24) is 0 Å². The Hall–Kier alpha value is -0.300. The second kappa shape index (κ2) is 3.21. The molecule has 0 saturated heterocycles. The van der Waals surface area contributed by atoms with Crippen molar-refractivity contribution in [3.8, 4) is 0 Å². The molecule has 0 radical (unpaired) electrons. The van der Waals surface area contributed by atoms with Crippen LogP contribution in [0, 0.1) is 11.3 Å². The number of allylic oxidation sites excluding steroid dienone is 1. The standard InChI is InChI=1S/C11H20O/c1-8(2)9-5-6-11(3,4)10(12)7-9/h7-8,10,12H,5-6H2,1-4H3.